The summed E-state index contributed by atoms with van der Waals surface area (Å²) in [5, 5.41) is 0. The van der Waals surface area contributed by atoms with Crippen LogP contribution in [0.1, 0.15) is 38.2 Å². The summed E-state index contributed by atoms with van der Waals surface area (Å²) >= 11 is 0. The molecule has 0 aliphatic carbocycles. The van der Waals surface area contributed by atoms with E-state index in [4.69, 9.17) is 5.73 Å². The fourth-order valence-corrected chi connectivity index (χ4v) is 1.89. The first-order chi connectivity index (χ1) is 8.79. The number of rotatable bonds is 7. The predicted molar refractivity (Wildman–Crippen MR) is 81.0 cm³/mol. The van der Waals surface area contributed by atoms with E-state index in [1.165, 1.54) is 0 Å². The lowest BCUT2D eigenvalue weighted by atomic mass is 9.96. The average Bonchev–Trinajstić information content (AvgIpc) is 2.40. The molecule has 0 heterocycles. The first-order valence-electron chi connectivity index (χ1n) is 6.60. The zero-order chi connectivity index (χ0) is 13.2. The summed E-state index contributed by atoms with van der Waals surface area (Å²) in [5.74, 6) is 0. The minimum Gasteiger partial charge on any atom is -0.404 e. The van der Waals surface area contributed by atoms with Gasteiger partial charge in [0.1, 0.15) is 0 Å². The van der Waals surface area contributed by atoms with E-state index in [-0.39, 0.29) is 0 Å². The van der Waals surface area contributed by atoms with Crippen LogP contribution < -0.4 is 5.73 Å². The lowest BCUT2D eigenvalue weighted by Gasteiger charge is -2.10. The molecule has 0 saturated heterocycles. The van der Waals surface area contributed by atoms with Gasteiger partial charge in [-0.05, 0) is 42.4 Å². The summed E-state index contributed by atoms with van der Waals surface area (Å²) in [4.78, 5) is 0. The first kappa shape index (κ1) is 14.3. The highest BCUT2D eigenvalue weighted by molar-refractivity contribution is 5.77. The molecular formula is C17H23N. The van der Waals surface area contributed by atoms with Crippen LogP contribution in [0.2, 0.25) is 0 Å². The Morgan fingerprint density at radius 1 is 1.22 bits per heavy atom. The smallest absolute Gasteiger partial charge is 0.00201 e. The summed E-state index contributed by atoms with van der Waals surface area (Å²) in [6.07, 6.45) is 10.4. The fourth-order valence-electron chi connectivity index (χ4n) is 1.89. The van der Waals surface area contributed by atoms with Crippen molar-refractivity contribution in [3.05, 3.63) is 66.4 Å². The van der Waals surface area contributed by atoms with E-state index in [0.29, 0.717) is 0 Å². The molecule has 0 radical (unpaired) electrons. The number of benzene rings is 1. The Kier molecular flexibility index (Phi) is 6.63. The summed E-state index contributed by atoms with van der Waals surface area (Å²) in [6.45, 7) is 6.30. The quantitative estimate of drug-likeness (QED) is 0.419. The predicted octanol–water partition coefficient (Wildman–Crippen LogP) is 4.68. The third kappa shape index (κ3) is 4.62. The second kappa shape index (κ2) is 8.35. The molecule has 0 unspecified atom stereocenters. The van der Waals surface area contributed by atoms with Crippen LogP contribution in [0.5, 0.6) is 0 Å². The van der Waals surface area contributed by atoms with Gasteiger partial charge in [0.25, 0.3) is 0 Å². The number of unbranched alkanes of at least 4 members (excludes halogenated alkanes) is 1. The van der Waals surface area contributed by atoms with E-state index in [2.05, 4.69) is 37.8 Å². The van der Waals surface area contributed by atoms with Gasteiger partial charge < -0.3 is 5.73 Å². The normalized spacial score (nSPS) is 11.9. The minimum absolute atomic E-state index is 0.992. The molecule has 0 aliphatic heterocycles. The standard InChI is InChI=1S/C17H23N/c1-3-4-5-6-8-11-15(2)17(14-18)16-12-9-7-10-13-16/h4-5,7,9-10,12-14H,2-3,6,8,11,18H2,1H3/b5-4-,17-14+. The van der Waals surface area contributed by atoms with Crippen molar-refractivity contribution in [3.63, 3.8) is 0 Å². The third-order valence-corrected chi connectivity index (χ3v) is 2.88. The van der Waals surface area contributed by atoms with Crippen molar-refractivity contribution in [1.82, 2.24) is 0 Å². The zero-order valence-electron chi connectivity index (χ0n) is 11.2. The molecular weight excluding hydrogens is 218 g/mol. The topological polar surface area (TPSA) is 26.0 Å². The molecule has 0 aromatic heterocycles. The van der Waals surface area contributed by atoms with E-state index >= 15 is 0 Å². The average molecular weight is 241 g/mol. The monoisotopic (exact) mass is 241 g/mol. The number of hydrogen-bond acceptors (Lipinski definition) is 1. The van der Waals surface area contributed by atoms with Gasteiger partial charge in [0, 0.05) is 6.20 Å². The molecule has 0 spiro atoms. The van der Waals surface area contributed by atoms with E-state index in [1.807, 2.05) is 18.2 Å². The third-order valence-electron chi connectivity index (χ3n) is 2.88. The Morgan fingerprint density at radius 3 is 2.56 bits per heavy atom. The fraction of sp³-hybridized carbons (Fsp3) is 0.294. The summed E-state index contributed by atoms with van der Waals surface area (Å²) in [7, 11) is 0. The molecule has 0 fully saturated rings. The van der Waals surface area contributed by atoms with E-state index < -0.39 is 0 Å². The molecule has 18 heavy (non-hydrogen) atoms. The van der Waals surface area contributed by atoms with Crippen molar-refractivity contribution >= 4 is 5.57 Å². The maximum absolute atomic E-state index is 5.72. The van der Waals surface area contributed by atoms with Gasteiger partial charge in [-0.2, -0.15) is 0 Å². The van der Waals surface area contributed by atoms with E-state index in [1.54, 1.807) is 6.20 Å². The maximum atomic E-state index is 5.72. The van der Waals surface area contributed by atoms with Crippen LogP contribution in [0.25, 0.3) is 5.57 Å². The molecule has 0 amide bonds. The van der Waals surface area contributed by atoms with Crippen LogP contribution >= 0.6 is 0 Å². The zero-order valence-corrected chi connectivity index (χ0v) is 11.2. The van der Waals surface area contributed by atoms with Gasteiger partial charge in [-0.15, -0.1) is 0 Å². The van der Waals surface area contributed by atoms with Gasteiger partial charge >= 0.3 is 0 Å². The SMILES string of the molecule is C=C(CCC/C=C\CC)/C(=C\N)c1ccccc1. The second-order valence-electron chi connectivity index (χ2n) is 4.32. The molecule has 0 atom stereocenters. The minimum atomic E-state index is 0.992. The molecule has 2 N–H and O–H groups in total. The van der Waals surface area contributed by atoms with Crippen molar-refractivity contribution in [1.29, 1.82) is 0 Å². The lowest BCUT2D eigenvalue weighted by Crippen LogP contribution is -1.93. The van der Waals surface area contributed by atoms with Crippen LogP contribution in [0.4, 0.5) is 0 Å². The Labute approximate surface area is 111 Å². The Balaban J connectivity index is 2.52. The Hall–Kier alpha value is -1.76. The van der Waals surface area contributed by atoms with Gasteiger partial charge in [0.2, 0.25) is 0 Å². The van der Waals surface area contributed by atoms with Crippen molar-refractivity contribution in [2.24, 2.45) is 5.73 Å². The number of hydrogen-bond donors (Lipinski definition) is 1. The molecule has 0 saturated carbocycles. The maximum Gasteiger partial charge on any atom is 0.00201 e. The lowest BCUT2D eigenvalue weighted by molar-refractivity contribution is 0.848. The largest absolute Gasteiger partial charge is 0.404 e. The second-order valence-corrected chi connectivity index (χ2v) is 4.32. The van der Waals surface area contributed by atoms with Crippen LogP contribution in [0.3, 0.4) is 0 Å². The van der Waals surface area contributed by atoms with Crippen molar-refractivity contribution in [2.75, 3.05) is 0 Å². The van der Waals surface area contributed by atoms with Crippen LogP contribution in [0.15, 0.2) is 60.8 Å². The molecule has 1 rings (SSSR count). The van der Waals surface area contributed by atoms with Crippen LogP contribution in [0, 0.1) is 0 Å². The molecule has 96 valence electrons. The van der Waals surface area contributed by atoms with Gasteiger partial charge in [0.15, 0.2) is 0 Å². The van der Waals surface area contributed by atoms with Crippen LogP contribution in [-0.2, 0) is 0 Å². The van der Waals surface area contributed by atoms with Crippen molar-refractivity contribution < 1.29 is 0 Å². The van der Waals surface area contributed by atoms with Crippen LogP contribution in [-0.4, -0.2) is 0 Å². The Bertz CT molecular complexity index is 412. The van der Waals surface area contributed by atoms with Gasteiger partial charge in [-0.1, -0.05) is 56.0 Å². The Morgan fingerprint density at radius 2 is 1.94 bits per heavy atom. The molecule has 0 aliphatic rings. The molecule has 1 aromatic carbocycles. The van der Waals surface area contributed by atoms with Gasteiger partial charge in [-0.25, -0.2) is 0 Å². The highest BCUT2D eigenvalue weighted by atomic mass is 14.5. The summed E-state index contributed by atoms with van der Waals surface area (Å²) in [5.41, 5.74) is 9.05. The molecule has 0 bridgehead atoms. The summed E-state index contributed by atoms with van der Waals surface area (Å²) in [6, 6.07) is 10.2. The highest BCUT2D eigenvalue weighted by Crippen LogP contribution is 2.24. The van der Waals surface area contributed by atoms with E-state index in [0.717, 1.165) is 42.4 Å². The highest BCUT2D eigenvalue weighted by Gasteiger charge is 2.04. The van der Waals surface area contributed by atoms with Gasteiger partial charge in [-0.3, -0.25) is 0 Å². The first-order valence-corrected chi connectivity index (χ1v) is 6.60. The van der Waals surface area contributed by atoms with E-state index in [9.17, 15) is 0 Å². The number of allylic oxidation sites excluding steroid dienone is 4. The van der Waals surface area contributed by atoms with Crippen molar-refractivity contribution in [2.45, 2.75) is 32.6 Å². The number of nitrogens with two attached hydrogens (primary N) is 1. The molecule has 1 nitrogen and oxygen atoms in total. The van der Waals surface area contributed by atoms with Crippen molar-refractivity contribution in [3.8, 4) is 0 Å². The summed E-state index contributed by atoms with van der Waals surface area (Å²) < 4.78 is 0. The molecule has 1 aromatic rings. The van der Waals surface area contributed by atoms with Gasteiger partial charge in [0.05, 0.1) is 0 Å². The molecule has 1 heteroatoms.